The standard InChI is InChI=1S/C8H11BrN2O2/c1-8(3-2-4-12-8)7-10-6(5-9)11-13-7/h2-5H2,1H3. The molecule has 1 atom stereocenters. The van der Waals surface area contributed by atoms with Crippen LogP contribution in [0.4, 0.5) is 0 Å². The number of hydrogen-bond acceptors (Lipinski definition) is 4. The number of halogens is 1. The molecule has 1 saturated heterocycles. The average molecular weight is 247 g/mol. The smallest absolute Gasteiger partial charge is 0.258 e. The Hall–Kier alpha value is -0.420. The molecule has 1 aromatic rings. The molecule has 1 aliphatic heterocycles. The monoisotopic (exact) mass is 246 g/mol. The number of hydrogen-bond donors (Lipinski definition) is 0. The van der Waals surface area contributed by atoms with Gasteiger partial charge in [0.15, 0.2) is 5.82 Å². The predicted octanol–water partition coefficient (Wildman–Crippen LogP) is 1.99. The molecule has 1 unspecified atom stereocenters. The zero-order valence-corrected chi connectivity index (χ0v) is 9.00. The summed E-state index contributed by atoms with van der Waals surface area (Å²) in [7, 11) is 0. The molecule has 1 fully saturated rings. The molecule has 0 bridgehead atoms. The van der Waals surface area contributed by atoms with E-state index in [4.69, 9.17) is 9.26 Å². The molecule has 5 heteroatoms. The lowest BCUT2D eigenvalue weighted by molar-refractivity contribution is -0.00937. The Morgan fingerprint density at radius 3 is 3.00 bits per heavy atom. The van der Waals surface area contributed by atoms with Gasteiger partial charge in [-0.1, -0.05) is 21.1 Å². The van der Waals surface area contributed by atoms with Gasteiger partial charge < -0.3 is 9.26 Å². The van der Waals surface area contributed by atoms with Crippen molar-refractivity contribution in [3.05, 3.63) is 11.7 Å². The van der Waals surface area contributed by atoms with Gasteiger partial charge in [-0.25, -0.2) is 0 Å². The third kappa shape index (κ3) is 1.62. The van der Waals surface area contributed by atoms with E-state index in [1.807, 2.05) is 6.92 Å². The van der Waals surface area contributed by atoms with Crippen LogP contribution in [0.25, 0.3) is 0 Å². The Balaban J connectivity index is 2.23. The summed E-state index contributed by atoms with van der Waals surface area (Å²) in [6.45, 7) is 2.77. The molecule has 72 valence electrons. The Kier molecular flexibility index (Phi) is 2.38. The molecule has 13 heavy (non-hydrogen) atoms. The first-order valence-electron chi connectivity index (χ1n) is 4.27. The van der Waals surface area contributed by atoms with Gasteiger partial charge in [-0.3, -0.25) is 0 Å². The van der Waals surface area contributed by atoms with Gasteiger partial charge in [-0.05, 0) is 19.8 Å². The topological polar surface area (TPSA) is 48.2 Å². The maximum atomic E-state index is 5.57. The van der Waals surface area contributed by atoms with Gasteiger partial charge in [0.05, 0.1) is 5.33 Å². The number of alkyl halides is 1. The maximum absolute atomic E-state index is 5.57. The van der Waals surface area contributed by atoms with Crippen LogP contribution in [0.1, 0.15) is 31.5 Å². The molecule has 0 saturated carbocycles. The van der Waals surface area contributed by atoms with E-state index in [0.717, 1.165) is 19.4 Å². The Bertz CT molecular complexity index is 294. The van der Waals surface area contributed by atoms with Gasteiger partial charge in [0, 0.05) is 6.61 Å². The summed E-state index contributed by atoms with van der Waals surface area (Å²) < 4.78 is 10.7. The van der Waals surface area contributed by atoms with Gasteiger partial charge in [-0.2, -0.15) is 4.98 Å². The minimum Gasteiger partial charge on any atom is -0.365 e. The van der Waals surface area contributed by atoms with Gasteiger partial charge in [0.2, 0.25) is 0 Å². The number of nitrogens with zero attached hydrogens (tertiary/aromatic N) is 2. The summed E-state index contributed by atoms with van der Waals surface area (Å²) in [5, 5.41) is 4.43. The lowest BCUT2D eigenvalue weighted by Crippen LogP contribution is -2.20. The highest BCUT2D eigenvalue weighted by Gasteiger charge is 2.37. The average Bonchev–Trinajstić information content (AvgIpc) is 2.72. The lowest BCUT2D eigenvalue weighted by Gasteiger charge is -2.16. The van der Waals surface area contributed by atoms with Crippen molar-refractivity contribution in [1.82, 2.24) is 10.1 Å². The maximum Gasteiger partial charge on any atom is 0.258 e. The third-order valence-corrected chi connectivity index (χ3v) is 2.76. The number of aromatic nitrogens is 2. The Labute approximate surface area is 84.8 Å². The quantitative estimate of drug-likeness (QED) is 0.750. The van der Waals surface area contributed by atoms with Gasteiger partial charge in [0.1, 0.15) is 5.60 Å². The van der Waals surface area contributed by atoms with Crippen molar-refractivity contribution in [1.29, 1.82) is 0 Å². The van der Waals surface area contributed by atoms with E-state index in [-0.39, 0.29) is 5.60 Å². The second-order valence-corrected chi connectivity index (χ2v) is 3.89. The van der Waals surface area contributed by atoms with Crippen LogP contribution in [0.5, 0.6) is 0 Å². The molecule has 0 spiro atoms. The first-order valence-corrected chi connectivity index (χ1v) is 5.40. The summed E-state index contributed by atoms with van der Waals surface area (Å²) in [4.78, 5) is 4.23. The molecular weight excluding hydrogens is 236 g/mol. The second kappa shape index (κ2) is 3.38. The zero-order valence-electron chi connectivity index (χ0n) is 7.42. The summed E-state index contributed by atoms with van der Waals surface area (Å²) >= 11 is 3.27. The van der Waals surface area contributed by atoms with E-state index in [2.05, 4.69) is 26.1 Å². The van der Waals surface area contributed by atoms with Crippen molar-refractivity contribution in [3.63, 3.8) is 0 Å². The fourth-order valence-corrected chi connectivity index (χ4v) is 1.70. The van der Waals surface area contributed by atoms with Crippen molar-refractivity contribution in [2.24, 2.45) is 0 Å². The van der Waals surface area contributed by atoms with Gasteiger partial charge in [-0.15, -0.1) is 0 Å². The van der Waals surface area contributed by atoms with E-state index in [1.165, 1.54) is 0 Å². The molecule has 2 heterocycles. The molecule has 1 aromatic heterocycles. The summed E-state index contributed by atoms with van der Waals surface area (Å²) in [6.07, 6.45) is 2.01. The van der Waals surface area contributed by atoms with E-state index < -0.39 is 0 Å². The van der Waals surface area contributed by atoms with Crippen LogP contribution < -0.4 is 0 Å². The number of ether oxygens (including phenoxy) is 1. The van der Waals surface area contributed by atoms with Gasteiger partial charge in [0.25, 0.3) is 5.89 Å². The largest absolute Gasteiger partial charge is 0.365 e. The molecule has 0 radical (unpaired) electrons. The van der Waals surface area contributed by atoms with Crippen molar-refractivity contribution in [3.8, 4) is 0 Å². The second-order valence-electron chi connectivity index (χ2n) is 3.33. The van der Waals surface area contributed by atoms with Crippen molar-refractivity contribution < 1.29 is 9.26 Å². The van der Waals surface area contributed by atoms with Crippen LogP contribution in [-0.2, 0) is 15.7 Å². The van der Waals surface area contributed by atoms with Crippen LogP contribution in [0.3, 0.4) is 0 Å². The molecule has 1 aliphatic rings. The highest BCUT2D eigenvalue weighted by atomic mass is 79.9. The predicted molar refractivity (Wildman–Crippen MR) is 49.5 cm³/mol. The first-order chi connectivity index (χ1) is 6.24. The summed E-state index contributed by atoms with van der Waals surface area (Å²) in [5.41, 5.74) is -0.354. The zero-order chi connectivity index (χ0) is 9.31. The third-order valence-electron chi connectivity index (χ3n) is 2.26. The van der Waals surface area contributed by atoms with Crippen LogP contribution in [0, 0.1) is 0 Å². The van der Waals surface area contributed by atoms with Crippen LogP contribution in [0.15, 0.2) is 4.52 Å². The van der Waals surface area contributed by atoms with E-state index in [1.54, 1.807) is 0 Å². The van der Waals surface area contributed by atoms with Crippen LogP contribution in [0.2, 0.25) is 0 Å². The molecule has 4 nitrogen and oxygen atoms in total. The highest BCUT2D eigenvalue weighted by Crippen LogP contribution is 2.34. The fourth-order valence-electron chi connectivity index (χ4n) is 1.47. The van der Waals surface area contributed by atoms with Crippen molar-refractivity contribution in [2.75, 3.05) is 6.61 Å². The Morgan fingerprint density at radius 1 is 1.62 bits per heavy atom. The minimum absolute atomic E-state index is 0.354. The minimum atomic E-state index is -0.354. The molecule has 0 N–H and O–H groups in total. The molecular formula is C8H11BrN2O2. The normalized spacial score (nSPS) is 28.2. The van der Waals surface area contributed by atoms with E-state index in [9.17, 15) is 0 Å². The SMILES string of the molecule is CC1(c2nc(CBr)no2)CCCO1. The van der Waals surface area contributed by atoms with Crippen molar-refractivity contribution >= 4 is 15.9 Å². The molecule has 0 amide bonds. The van der Waals surface area contributed by atoms with Gasteiger partial charge >= 0.3 is 0 Å². The van der Waals surface area contributed by atoms with E-state index >= 15 is 0 Å². The van der Waals surface area contributed by atoms with Crippen LogP contribution >= 0.6 is 15.9 Å². The first kappa shape index (κ1) is 9.15. The summed E-state index contributed by atoms with van der Waals surface area (Å²) in [6, 6.07) is 0. The number of rotatable bonds is 2. The van der Waals surface area contributed by atoms with E-state index in [0.29, 0.717) is 17.0 Å². The van der Waals surface area contributed by atoms with Crippen molar-refractivity contribution in [2.45, 2.75) is 30.7 Å². The fraction of sp³-hybridized carbons (Fsp3) is 0.750. The lowest BCUT2D eigenvalue weighted by atomic mass is 10.0. The molecule has 0 aromatic carbocycles. The highest BCUT2D eigenvalue weighted by molar-refractivity contribution is 9.08. The van der Waals surface area contributed by atoms with Crippen LogP contribution in [-0.4, -0.2) is 16.7 Å². The molecule has 0 aliphatic carbocycles. The summed E-state index contributed by atoms with van der Waals surface area (Å²) in [5.74, 6) is 1.27. The Morgan fingerprint density at radius 2 is 2.46 bits per heavy atom. The molecule has 2 rings (SSSR count).